The second kappa shape index (κ2) is 10.0. The molecule has 1 aromatic rings. The first-order valence-electron chi connectivity index (χ1n) is 7.26. The van der Waals surface area contributed by atoms with E-state index in [1.165, 1.54) is 0 Å². The average Bonchev–Trinajstić information content (AvgIpc) is 2.47. The summed E-state index contributed by atoms with van der Waals surface area (Å²) in [5.74, 6) is -0.155. The lowest BCUT2D eigenvalue weighted by atomic mass is 10.1. The average molecular weight is 327 g/mol. The van der Waals surface area contributed by atoms with E-state index in [-0.39, 0.29) is 11.9 Å². The van der Waals surface area contributed by atoms with Crippen LogP contribution in [0, 0.1) is 0 Å². The van der Waals surface area contributed by atoms with Crippen LogP contribution in [0.25, 0.3) is 0 Å². The highest BCUT2D eigenvalue weighted by atomic mass is 35.5. The minimum Gasteiger partial charge on any atom is -0.352 e. The Balaban J connectivity index is 2.35. The third kappa shape index (κ3) is 7.28. The SMILES string of the molecule is CC(Cc1ccccc1)NC(=O)C(CCCNC(N)=O)NCl. The number of halogens is 1. The van der Waals surface area contributed by atoms with Gasteiger partial charge in [0.1, 0.15) is 6.04 Å². The molecule has 0 aromatic heterocycles. The van der Waals surface area contributed by atoms with E-state index < -0.39 is 12.1 Å². The van der Waals surface area contributed by atoms with Gasteiger partial charge in [-0.2, -0.15) is 0 Å². The molecule has 122 valence electrons. The van der Waals surface area contributed by atoms with Crippen LogP contribution in [0.1, 0.15) is 25.3 Å². The first-order valence-corrected chi connectivity index (χ1v) is 7.64. The Labute approximate surface area is 135 Å². The zero-order chi connectivity index (χ0) is 16.4. The zero-order valence-corrected chi connectivity index (χ0v) is 13.4. The Kier molecular flexibility index (Phi) is 8.32. The fraction of sp³-hybridized carbons (Fsp3) is 0.467. The van der Waals surface area contributed by atoms with Crippen LogP contribution >= 0.6 is 11.8 Å². The molecule has 6 nitrogen and oxygen atoms in total. The summed E-state index contributed by atoms with van der Waals surface area (Å²) in [6.45, 7) is 2.36. The molecule has 1 aromatic carbocycles. The van der Waals surface area contributed by atoms with Crippen LogP contribution < -0.4 is 21.2 Å². The van der Waals surface area contributed by atoms with Gasteiger partial charge in [0, 0.05) is 12.6 Å². The van der Waals surface area contributed by atoms with Crippen molar-refractivity contribution in [3.8, 4) is 0 Å². The van der Waals surface area contributed by atoms with Crippen LogP contribution in [0.2, 0.25) is 0 Å². The smallest absolute Gasteiger partial charge is 0.312 e. The maximum atomic E-state index is 12.1. The lowest BCUT2D eigenvalue weighted by molar-refractivity contribution is -0.123. The quantitative estimate of drug-likeness (QED) is 0.407. The van der Waals surface area contributed by atoms with Gasteiger partial charge in [-0.25, -0.2) is 9.63 Å². The number of nitrogens with one attached hydrogen (secondary N) is 3. The molecule has 0 saturated heterocycles. The highest BCUT2D eigenvalue weighted by Gasteiger charge is 2.18. The summed E-state index contributed by atoms with van der Waals surface area (Å²) in [4.78, 5) is 25.2. The lowest BCUT2D eigenvalue weighted by Gasteiger charge is -2.19. The summed E-state index contributed by atoms with van der Waals surface area (Å²) in [6.07, 6.45) is 1.87. The van der Waals surface area contributed by atoms with Gasteiger partial charge in [0.05, 0.1) is 0 Å². The van der Waals surface area contributed by atoms with E-state index >= 15 is 0 Å². The number of primary amides is 1. The summed E-state index contributed by atoms with van der Waals surface area (Å²) >= 11 is 5.62. The Bertz CT molecular complexity index is 470. The van der Waals surface area contributed by atoms with Gasteiger partial charge in [0.2, 0.25) is 5.91 Å². The maximum Gasteiger partial charge on any atom is 0.312 e. The van der Waals surface area contributed by atoms with Crippen molar-refractivity contribution in [1.82, 2.24) is 15.5 Å². The van der Waals surface area contributed by atoms with Gasteiger partial charge in [-0.3, -0.25) is 4.79 Å². The van der Waals surface area contributed by atoms with Crippen molar-refractivity contribution in [1.29, 1.82) is 0 Å². The van der Waals surface area contributed by atoms with E-state index in [2.05, 4.69) is 15.5 Å². The van der Waals surface area contributed by atoms with Gasteiger partial charge < -0.3 is 16.4 Å². The van der Waals surface area contributed by atoms with Gasteiger partial charge in [-0.1, -0.05) is 30.3 Å². The first kappa shape index (κ1) is 18.3. The van der Waals surface area contributed by atoms with Crippen molar-refractivity contribution in [2.45, 2.75) is 38.3 Å². The largest absolute Gasteiger partial charge is 0.352 e. The molecule has 0 aliphatic rings. The van der Waals surface area contributed by atoms with Gasteiger partial charge in [0.25, 0.3) is 0 Å². The van der Waals surface area contributed by atoms with Gasteiger partial charge in [-0.15, -0.1) is 0 Å². The lowest BCUT2D eigenvalue weighted by Crippen LogP contribution is -2.45. The normalized spacial score (nSPS) is 13.2. The maximum absolute atomic E-state index is 12.1. The number of nitrogens with two attached hydrogens (primary N) is 1. The minimum absolute atomic E-state index is 0.00570. The van der Waals surface area contributed by atoms with E-state index in [1.54, 1.807) is 0 Å². The summed E-state index contributed by atoms with van der Waals surface area (Å²) < 4.78 is 0. The summed E-state index contributed by atoms with van der Waals surface area (Å²) in [5, 5.41) is 5.40. The van der Waals surface area contributed by atoms with Crippen LogP contribution in [0.5, 0.6) is 0 Å². The number of carbonyl (C=O) groups is 2. The number of benzene rings is 1. The third-order valence-electron chi connectivity index (χ3n) is 3.19. The predicted octanol–water partition coefficient (Wildman–Crippen LogP) is 1.29. The molecule has 0 aliphatic carbocycles. The van der Waals surface area contributed by atoms with Crippen LogP contribution in [0.3, 0.4) is 0 Å². The van der Waals surface area contributed by atoms with Crippen LogP contribution in [-0.2, 0) is 11.2 Å². The van der Waals surface area contributed by atoms with Crippen LogP contribution in [0.4, 0.5) is 4.79 Å². The monoisotopic (exact) mass is 326 g/mol. The van der Waals surface area contributed by atoms with Crippen molar-refractivity contribution in [3.05, 3.63) is 35.9 Å². The molecule has 2 unspecified atom stereocenters. The number of carbonyl (C=O) groups excluding carboxylic acids is 2. The number of rotatable bonds is 9. The highest BCUT2D eigenvalue weighted by molar-refractivity contribution is 6.15. The molecule has 22 heavy (non-hydrogen) atoms. The molecule has 7 heteroatoms. The molecular formula is C15H23ClN4O2. The molecule has 0 saturated carbocycles. The molecule has 5 N–H and O–H groups in total. The highest BCUT2D eigenvalue weighted by Crippen LogP contribution is 2.04. The zero-order valence-electron chi connectivity index (χ0n) is 12.6. The first-order chi connectivity index (χ1) is 10.5. The number of hydrogen-bond donors (Lipinski definition) is 4. The number of hydrogen-bond acceptors (Lipinski definition) is 3. The Hall–Kier alpha value is -1.79. The van der Waals surface area contributed by atoms with E-state index in [0.29, 0.717) is 19.4 Å². The second-order valence-electron chi connectivity index (χ2n) is 5.19. The topological polar surface area (TPSA) is 96.2 Å². The molecular weight excluding hydrogens is 304 g/mol. The van der Waals surface area contributed by atoms with E-state index in [1.807, 2.05) is 37.3 Å². The molecule has 0 spiro atoms. The van der Waals surface area contributed by atoms with Crippen molar-refractivity contribution in [2.75, 3.05) is 6.54 Å². The van der Waals surface area contributed by atoms with Gasteiger partial charge in [-0.05, 0) is 43.5 Å². The predicted molar refractivity (Wildman–Crippen MR) is 87.3 cm³/mol. The Morgan fingerprint density at radius 2 is 1.95 bits per heavy atom. The van der Waals surface area contributed by atoms with E-state index in [9.17, 15) is 9.59 Å². The molecule has 2 atom stereocenters. The number of urea groups is 1. The van der Waals surface area contributed by atoms with Gasteiger partial charge in [0.15, 0.2) is 0 Å². The summed E-state index contributed by atoms with van der Waals surface area (Å²) in [5.41, 5.74) is 6.13. The molecule has 0 fully saturated rings. The van der Waals surface area contributed by atoms with Crippen LogP contribution in [-0.4, -0.2) is 30.6 Å². The Morgan fingerprint density at radius 3 is 2.55 bits per heavy atom. The Morgan fingerprint density at radius 1 is 1.27 bits per heavy atom. The van der Waals surface area contributed by atoms with Crippen molar-refractivity contribution < 1.29 is 9.59 Å². The van der Waals surface area contributed by atoms with E-state index in [0.717, 1.165) is 12.0 Å². The summed E-state index contributed by atoms with van der Waals surface area (Å²) in [6, 6.07) is 8.87. The van der Waals surface area contributed by atoms with Crippen molar-refractivity contribution in [2.24, 2.45) is 5.73 Å². The second-order valence-corrected chi connectivity index (χ2v) is 5.41. The molecule has 3 amide bonds. The molecule has 0 aliphatic heterocycles. The molecule has 1 rings (SSSR count). The molecule has 0 radical (unpaired) electrons. The van der Waals surface area contributed by atoms with Crippen LogP contribution in [0.15, 0.2) is 30.3 Å². The fourth-order valence-electron chi connectivity index (χ4n) is 2.12. The standard InChI is InChI=1S/C15H23ClN4O2/c1-11(10-12-6-3-2-4-7-12)19-14(21)13(20-16)8-5-9-18-15(17)22/h2-4,6-7,11,13,20H,5,8-10H2,1H3,(H,19,21)(H3,17,18,22). The summed E-state index contributed by atoms with van der Waals surface area (Å²) in [7, 11) is 0. The van der Waals surface area contributed by atoms with Crippen molar-refractivity contribution in [3.63, 3.8) is 0 Å². The third-order valence-corrected chi connectivity index (χ3v) is 3.45. The number of amides is 3. The fourth-order valence-corrected chi connectivity index (χ4v) is 2.32. The minimum atomic E-state index is -0.573. The molecule has 0 bridgehead atoms. The van der Waals surface area contributed by atoms with E-state index in [4.69, 9.17) is 17.5 Å². The van der Waals surface area contributed by atoms with Crippen molar-refractivity contribution >= 4 is 23.7 Å². The van der Waals surface area contributed by atoms with Gasteiger partial charge >= 0.3 is 6.03 Å². The molecule has 0 heterocycles.